The lowest BCUT2D eigenvalue weighted by Crippen LogP contribution is -2.21. The number of pyridine rings is 1. The number of benzene rings is 3. The summed E-state index contributed by atoms with van der Waals surface area (Å²) in [4.78, 5) is 29.9. The Morgan fingerprint density at radius 1 is 1.00 bits per heavy atom. The van der Waals surface area contributed by atoms with E-state index >= 15 is 0 Å². The molecule has 5 nitrogen and oxygen atoms in total. The molecular weight excluding hydrogens is 487 g/mol. The molecular formula is C26H20BrFN2O3. The van der Waals surface area contributed by atoms with Crippen molar-refractivity contribution in [3.63, 3.8) is 0 Å². The van der Waals surface area contributed by atoms with Gasteiger partial charge in [-0.1, -0.05) is 34.1 Å². The fourth-order valence-electron chi connectivity index (χ4n) is 3.54. The van der Waals surface area contributed by atoms with Crippen LogP contribution in [-0.2, 0) is 9.53 Å². The number of anilines is 1. The van der Waals surface area contributed by atoms with Crippen LogP contribution in [0, 0.1) is 19.7 Å². The number of fused-ring (bicyclic) bond motifs is 1. The quantitative estimate of drug-likeness (QED) is 0.326. The molecule has 0 atom stereocenters. The molecule has 1 amide bonds. The van der Waals surface area contributed by atoms with E-state index in [-0.39, 0.29) is 11.4 Å². The Labute approximate surface area is 198 Å². The van der Waals surface area contributed by atoms with Gasteiger partial charge in [-0.3, -0.25) is 4.79 Å². The molecule has 1 aromatic heterocycles. The molecule has 7 heteroatoms. The maximum absolute atomic E-state index is 13.3. The Kier molecular flexibility index (Phi) is 6.51. The number of nitrogens with zero attached hydrogens (tertiary/aromatic N) is 1. The van der Waals surface area contributed by atoms with Crippen molar-refractivity contribution >= 4 is 44.4 Å². The number of ether oxygens (including phenoxy) is 1. The molecule has 33 heavy (non-hydrogen) atoms. The second-order valence-electron chi connectivity index (χ2n) is 7.63. The molecule has 1 N–H and O–H groups in total. The molecule has 0 aliphatic heterocycles. The van der Waals surface area contributed by atoms with Gasteiger partial charge in [0, 0.05) is 21.1 Å². The van der Waals surface area contributed by atoms with Gasteiger partial charge in [0.2, 0.25) is 0 Å². The lowest BCUT2D eigenvalue weighted by molar-refractivity contribution is -0.119. The van der Waals surface area contributed by atoms with E-state index in [2.05, 4.69) is 26.2 Å². The van der Waals surface area contributed by atoms with Crippen LogP contribution in [0.15, 0.2) is 71.2 Å². The zero-order chi connectivity index (χ0) is 23.5. The largest absolute Gasteiger partial charge is 0.452 e. The molecule has 1 heterocycles. The zero-order valence-corrected chi connectivity index (χ0v) is 19.6. The first-order valence-corrected chi connectivity index (χ1v) is 11.0. The number of halogens is 2. The summed E-state index contributed by atoms with van der Waals surface area (Å²) in [7, 11) is 0. The van der Waals surface area contributed by atoms with E-state index in [1.54, 1.807) is 36.4 Å². The van der Waals surface area contributed by atoms with E-state index in [4.69, 9.17) is 4.74 Å². The number of para-hydroxylation sites is 1. The minimum atomic E-state index is -0.643. The molecule has 0 saturated heterocycles. The number of aryl methyl sites for hydroxylation is 2. The number of hydrogen-bond acceptors (Lipinski definition) is 4. The van der Waals surface area contributed by atoms with Gasteiger partial charge in [0.1, 0.15) is 5.82 Å². The maximum atomic E-state index is 13.3. The molecule has 0 fully saturated rings. The Balaban J connectivity index is 1.55. The molecule has 0 spiro atoms. The van der Waals surface area contributed by atoms with Gasteiger partial charge in [-0.25, -0.2) is 14.2 Å². The summed E-state index contributed by atoms with van der Waals surface area (Å²) >= 11 is 3.50. The fraction of sp³-hybridized carbons (Fsp3) is 0.115. The normalized spacial score (nSPS) is 10.8. The summed E-state index contributed by atoms with van der Waals surface area (Å²) in [6, 6.07) is 18.3. The number of esters is 1. The van der Waals surface area contributed by atoms with E-state index in [9.17, 15) is 14.0 Å². The summed E-state index contributed by atoms with van der Waals surface area (Å²) in [5.41, 5.74) is 4.64. The van der Waals surface area contributed by atoms with Gasteiger partial charge in [-0.2, -0.15) is 0 Å². The predicted molar refractivity (Wildman–Crippen MR) is 130 cm³/mol. The van der Waals surface area contributed by atoms with E-state index in [1.165, 1.54) is 12.1 Å². The average molecular weight is 507 g/mol. The van der Waals surface area contributed by atoms with E-state index < -0.39 is 18.5 Å². The highest BCUT2D eigenvalue weighted by Crippen LogP contribution is 2.26. The number of amides is 1. The number of aromatic nitrogens is 1. The maximum Gasteiger partial charge on any atom is 0.339 e. The summed E-state index contributed by atoms with van der Waals surface area (Å²) in [6.07, 6.45) is 0. The average Bonchev–Trinajstić information content (AvgIpc) is 2.80. The molecule has 0 saturated carbocycles. The monoisotopic (exact) mass is 506 g/mol. The molecule has 0 aliphatic carbocycles. The van der Waals surface area contributed by atoms with Crippen molar-refractivity contribution in [2.45, 2.75) is 13.8 Å². The fourth-order valence-corrected chi connectivity index (χ4v) is 3.77. The van der Waals surface area contributed by atoms with Crippen molar-refractivity contribution in [3.05, 3.63) is 93.7 Å². The van der Waals surface area contributed by atoms with Crippen LogP contribution in [0.3, 0.4) is 0 Å². The van der Waals surface area contributed by atoms with Gasteiger partial charge >= 0.3 is 5.97 Å². The Morgan fingerprint density at radius 2 is 1.67 bits per heavy atom. The van der Waals surface area contributed by atoms with Gasteiger partial charge in [-0.15, -0.1) is 0 Å². The molecule has 4 rings (SSSR count). The van der Waals surface area contributed by atoms with Crippen molar-refractivity contribution in [2.24, 2.45) is 0 Å². The molecule has 4 aromatic rings. The number of rotatable bonds is 5. The highest BCUT2D eigenvalue weighted by molar-refractivity contribution is 9.10. The lowest BCUT2D eigenvalue weighted by Gasteiger charge is -2.12. The van der Waals surface area contributed by atoms with Crippen LogP contribution < -0.4 is 5.32 Å². The van der Waals surface area contributed by atoms with Gasteiger partial charge in [0.25, 0.3) is 5.91 Å². The molecule has 0 bridgehead atoms. The highest BCUT2D eigenvalue weighted by Gasteiger charge is 2.17. The van der Waals surface area contributed by atoms with Crippen LogP contribution in [0.2, 0.25) is 0 Å². The number of carbonyl (C=O) groups excluding carboxylic acids is 2. The van der Waals surface area contributed by atoms with Crippen LogP contribution in [0.5, 0.6) is 0 Å². The van der Waals surface area contributed by atoms with Gasteiger partial charge < -0.3 is 10.1 Å². The van der Waals surface area contributed by atoms with Gasteiger partial charge in [0.05, 0.1) is 16.8 Å². The third-order valence-electron chi connectivity index (χ3n) is 5.13. The topological polar surface area (TPSA) is 68.3 Å². The number of hydrogen-bond donors (Lipinski definition) is 1. The first-order chi connectivity index (χ1) is 15.8. The van der Waals surface area contributed by atoms with Gasteiger partial charge in [-0.05, 0) is 73.5 Å². The second-order valence-corrected chi connectivity index (χ2v) is 8.42. The van der Waals surface area contributed by atoms with Crippen LogP contribution in [0.25, 0.3) is 22.2 Å². The Morgan fingerprint density at radius 3 is 2.36 bits per heavy atom. The summed E-state index contributed by atoms with van der Waals surface area (Å²) in [6.45, 7) is 3.43. The molecule has 0 unspecified atom stereocenters. The van der Waals surface area contributed by atoms with Crippen LogP contribution in [0.4, 0.5) is 10.1 Å². The van der Waals surface area contributed by atoms with Crippen molar-refractivity contribution in [1.29, 1.82) is 0 Å². The predicted octanol–water partition coefficient (Wildman–Crippen LogP) is 6.22. The molecule has 3 aromatic carbocycles. The lowest BCUT2D eigenvalue weighted by atomic mass is 10.0. The molecule has 0 radical (unpaired) electrons. The Bertz CT molecular complexity index is 1350. The van der Waals surface area contributed by atoms with E-state index in [0.29, 0.717) is 27.8 Å². The highest BCUT2D eigenvalue weighted by atomic mass is 79.9. The smallest absolute Gasteiger partial charge is 0.339 e. The molecule has 0 aliphatic rings. The zero-order valence-electron chi connectivity index (χ0n) is 18.0. The number of carbonyl (C=O) groups is 2. The third kappa shape index (κ3) is 5.09. The number of nitrogens with one attached hydrogen (secondary N) is 1. The minimum Gasteiger partial charge on any atom is -0.452 e. The summed E-state index contributed by atoms with van der Waals surface area (Å²) < 4.78 is 19.6. The first-order valence-electron chi connectivity index (χ1n) is 10.2. The van der Waals surface area contributed by atoms with Crippen LogP contribution >= 0.6 is 15.9 Å². The molecule has 166 valence electrons. The van der Waals surface area contributed by atoms with Crippen molar-refractivity contribution in [2.75, 3.05) is 11.9 Å². The van der Waals surface area contributed by atoms with Crippen molar-refractivity contribution < 1.29 is 18.7 Å². The van der Waals surface area contributed by atoms with E-state index in [1.807, 2.05) is 32.0 Å². The second kappa shape index (κ2) is 9.50. The minimum absolute atomic E-state index is 0.281. The summed E-state index contributed by atoms with van der Waals surface area (Å²) in [5.74, 6) is -1.45. The Hall–Kier alpha value is -3.58. The van der Waals surface area contributed by atoms with Crippen LogP contribution in [-0.4, -0.2) is 23.5 Å². The van der Waals surface area contributed by atoms with Crippen molar-refractivity contribution in [3.8, 4) is 11.3 Å². The van der Waals surface area contributed by atoms with E-state index in [0.717, 1.165) is 15.6 Å². The first kappa shape index (κ1) is 22.6. The van der Waals surface area contributed by atoms with Crippen molar-refractivity contribution in [1.82, 2.24) is 4.98 Å². The summed E-state index contributed by atoms with van der Waals surface area (Å²) in [5, 5.41) is 3.36. The van der Waals surface area contributed by atoms with Gasteiger partial charge in [0.15, 0.2) is 6.61 Å². The standard InChI is InChI=1S/C26H20BrFN2O3/c1-15-11-19(12-16(2)25(15)27)29-24(31)14-33-26(32)21-13-23(17-7-9-18(28)10-8-17)30-22-6-4-3-5-20(21)22/h3-13H,14H2,1-2H3,(H,29,31). The SMILES string of the molecule is Cc1cc(NC(=O)COC(=O)c2cc(-c3ccc(F)cc3)nc3ccccc23)cc(C)c1Br. The van der Waals surface area contributed by atoms with Crippen LogP contribution in [0.1, 0.15) is 21.5 Å². The third-order valence-corrected chi connectivity index (χ3v) is 6.38.